The van der Waals surface area contributed by atoms with Crippen LogP contribution < -0.4 is 0 Å². The number of alkyl halides is 2. The van der Waals surface area contributed by atoms with Crippen molar-refractivity contribution in [3.63, 3.8) is 0 Å². The van der Waals surface area contributed by atoms with Crippen LogP contribution >= 0.6 is 0 Å². The highest BCUT2D eigenvalue weighted by molar-refractivity contribution is 4.75. The molecule has 0 aliphatic carbocycles. The summed E-state index contributed by atoms with van der Waals surface area (Å²) in [5.41, 5.74) is 0. The number of hydrogen-bond acceptors (Lipinski definition) is 2. The van der Waals surface area contributed by atoms with Crippen molar-refractivity contribution in [3.05, 3.63) is 0 Å². The first-order valence-corrected chi connectivity index (χ1v) is 5.21. The third kappa shape index (κ3) is 4.33. The van der Waals surface area contributed by atoms with E-state index in [4.69, 9.17) is 9.47 Å². The molecule has 2 nitrogen and oxygen atoms in total. The van der Waals surface area contributed by atoms with Crippen LogP contribution in [0.1, 0.15) is 32.6 Å². The Morgan fingerprint density at radius 3 is 2.86 bits per heavy atom. The van der Waals surface area contributed by atoms with Gasteiger partial charge in [-0.25, -0.2) is 8.78 Å². The summed E-state index contributed by atoms with van der Waals surface area (Å²) < 4.78 is 35.6. The Morgan fingerprint density at radius 2 is 2.29 bits per heavy atom. The van der Waals surface area contributed by atoms with Gasteiger partial charge < -0.3 is 9.47 Å². The standard InChI is InChI=1S/C10H18F2O2/c1-2-3-6-13-7-9-4-5-10(11,12)8-14-9/h9H,2-8H2,1H3. The van der Waals surface area contributed by atoms with E-state index in [0.717, 1.165) is 12.8 Å². The van der Waals surface area contributed by atoms with Crippen molar-refractivity contribution in [2.75, 3.05) is 19.8 Å². The van der Waals surface area contributed by atoms with Crippen LogP contribution in [-0.2, 0) is 9.47 Å². The van der Waals surface area contributed by atoms with Crippen molar-refractivity contribution < 1.29 is 18.3 Å². The smallest absolute Gasteiger partial charge is 0.271 e. The number of halogens is 2. The second-order valence-electron chi connectivity index (χ2n) is 3.76. The van der Waals surface area contributed by atoms with Gasteiger partial charge in [0.25, 0.3) is 5.92 Å². The van der Waals surface area contributed by atoms with Crippen LogP contribution in [0.3, 0.4) is 0 Å². The van der Waals surface area contributed by atoms with E-state index in [1.807, 2.05) is 0 Å². The summed E-state index contributed by atoms with van der Waals surface area (Å²) in [5, 5.41) is 0. The number of hydrogen-bond donors (Lipinski definition) is 0. The second-order valence-corrected chi connectivity index (χ2v) is 3.76. The predicted molar refractivity (Wildman–Crippen MR) is 49.6 cm³/mol. The molecule has 1 fully saturated rings. The molecule has 0 amide bonds. The third-order valence-corrected chi connectivity index (χ3v) is 2.31. The van der Waals surface area contributed by atoms with E-state index in [9.17, 15) is 8.78 Å². The molecule has 1 rings (SSSR count). The summed E-state index contributed by atoms with van der Waals surface area (Å²) in [7, 11) is 0. The van der Waals surface area contributed by atoms with Gasteiger partial charge in [-0.3, -0.25) is 0 Å². The van der Waals surface area contributed by atoms with Crippen LogP contribution in [0.15, 0.2) is 0 Å². The van der Waals surface area contributed by atoms with Gasteiger partial charge in [0.15, 0.2) is 0 Å². The second kappa shape index (κ2) is 5.61. The molecule has 84 valence electrons. The van der Waals surface area contributed by atoms with Gasteiger partial charge >= 0.3 is 0 Å². The lowest BCUT2D eigenvalue weighted by molar-refractivity contribution is -0.156. The van der Waals surface area contributed by atoms with Crippen molar-refractivity contribution in [2.45, 2.75) is 44.6 Å². The zero-order valence-electron chi connectivity index (χ0n) is 8.60. The highest BCUT2D eigenvalue weighted by Crippen LogP contribution is 2.27. The van der Waals surface area contributed by atoms with Gasteiger partial charge in [0.05, 0.1) is 12.7 Å². The Morgan fingerprint density at radius 1 is 1.50 bits per heavy atom. The highest BCUT2D eigenvalue weighted by Gasteiger charge is 2.35. The average molecular weight is 208 g/mol. The third-order valence-electron chi connectivity index (χ3n) is 2.31. The maximum Gasteiger partial charge on any atom is 0.271 e. The Kier molecular flexibility index (Phi) is 4.75. The highest BCUT2D eigenvalue weighted by atomic mass is 19.3. The first-order valence-electron chi connectivity index (χ1n) is 5.21. The van der Waals surface area contributed by atoms with E-state index >= 15 is 0 Å². The molecule has 0 aromatic heterocycles. The zero-order chi connectivity index (χ0) is 10.4. The molecule has 1 unspecified atom stereocenters. The van der Waals surface area contributed by atoms with Crippen LogP contribution in [0.5, 0.6) is 0 Å². The van der Waals surface area contributed by atoms with Crippen molar-refractivity contribution in [3.8, 4) is 0 Å². The Bertz CT molecular complexity index is 152. The van der Waals surface area contributed by atoms with Gasteiger partial charge in [-0.1, -0.05) is 13.3 Å². The van der Waals surface area contributed by atoms with Crippen molar-refractivity contribution >= 4 is 0 Å². The van der Waals surface area contributed by atoms with E-state index < -0.39 is 12.5 Å². The average Bonchev–Trinajstić information content (AvgIpc) is 2.15. The SMILES string of the molecule is CCCCOCC1CCC(F)(F)CO1. The van der Waals surface area contributed by atoms with Crippen molar-refractivity contribution in [1.82, 2.24) is 0 Å². The molecule has 1 aliphatic heterocycles. The summed E-state index contributed by atoms with van der Waals surface area (Å²) >= 11 is 0. The molecule has 1 heterocycles. The minimum atomic E-state index is -2.63. The van der Waals surface area contributed by atoms with Crippen molar-refractivity contribution in [2.24, 2.45) is 0 Å². The first-order chi connectivity index (χ1) is 6.64. The van der Waals surface area contributed by atoms with Crippen LogP contribution in [0, 0.1) is 0 Å². The summed E-state index contributed by atoms with van der Waals surface area (Å²) in [6.45, 7) is 2.79. The fraction of sp³-hybridized carbons (Fsp3) is 1.00. The number of unbranched alkanes of at least 4 members (excludes halogenated alkanes) is 1. The minimum Gasteiger partial charge on any atom is -0.379 e. The summed E-state index contributed by atoms with van der Waals surface area (Å²) in [4.78, 5) is 0. The van der Waals surface area contributed by atoms with E-state index in [-0.39, 0.29) is 12.5 Å². The zero-order valence-corrected chi connectivity index (χ0v) is 8.60. The first kappa shape index (κ1) is 11.9. The lowest BCUT2D eigenvalue weighted by Gasteiger charge is -2.28. The molecule has 1 atom stereocenters. The predicted octanol–water partition coefficient (Wildman–Crippen LogP) is 2.62. The Hall–Kier alpha value is -0.220. The Balaban J connectivity index is 2.04. The van der Waals surface area contributed by atoms with Crippen LogP contribution in [0.25, 0.3) is 0 Å². The molecule has 0 N–H and O–H groups in total. The maximum absolute atomic E-state index is 12.7. The van der Waals surface area contributed by atoms with Gasteiger partial charge in [0.2, 0.25) is 0 Å². The molecule has 0 aromatic carbocycles. The lowest BCUT2D eigenvalue weighted by Crippen LogP contribution is -2.36. The quantitative estimate of drug-likeness (QED) is 0.646. The van der Waals surface area contributed by atoms with Crippen LogP contribution in [0.2, 0.25) is 0 Å². The molecule has 1 saturated heterocycles. The summed E-state index contributed by atoms with van der Waals surface area (Å²) in [6, 6.07) is 0. The van der Waals surface area contributed by atoms with Gasteiger partial charge in [-0.2, -0.15) is 0 Å². The Labute approximate surface area is 83.6 Å². The molecule has 0 aromatic rings. The molecule has 0 radical (unpaired) electrons. The molecular weight excluding hydrogens is 190 g/mol. The lowest BCUT2D eigenvalue weighted by atomic mass is 10.1. The van der Waals surface area contributed by atoms with Crippen LogP contribution in [0.4, 0.5) is 8.78 Å². The molecule has 4 heteroatoms. The van der Waals surface area contributed by atoms with E-state index in [1.165, 1.54) is 0 Å². The fourth-order valence-corrected chi connectivity index (χ4v) is 1.36. The van der Waals surface area contributed by atoms with E-state index in [1.54, 1.807) is 0 Å². The van der Waals surface area contributed by atoms with Crippen LogP contribution in [-0.4, -0.2) is 31.8 Å². The van der Waals surface area contributed by atoms with E-state index in [0.29, 0.717) is 19.6 Å². The molecule has 0 saturated carbocycles. The molecule has 0 bridgehead atoms. The number of rotatable bonds is 5. The van der Waals surface area contributed by atoms with Crippen molar-refractivity contribution in [1.29, 1.82) is 0 Å². The summed E-state index contributed by atoms with van der Waals surface area (Å²) in [6.07, 6.45) is 2.30. The fourth-order valence-electron chi connectivity index (χ4n) is 1.36. The number of ether oxygens (including phenoxy) is 2. The van der Waals surface area contributed by atoms with Gasteiger partial charge in [-0.15, -0.1) is 0 Å². The normalized spacial score (nSPS) is 26.4. The minimum absolute atomic E-state index is 0.0746. The molecule has 0 spiro atoms. The maximum atomic E-state index is 12.7. The monoisotopic (exact) mass is 208 g/mol. The van der Waals surface area contributed by atoms with Gasteiger partial charge in [-0.05, 0) is 12.8 Å². The largest absolute Gasteiger partial charge is 0.379 e. The molecular formula is C10H18F2O2. The summed E-state index contributed by atoms with van der Waals surface area (Å²) in [5.74, 6) is -2.63. The topological polar surface area (TPSA) is 18.5 Å². The molecule has 14 heavy (non-hydrogen) atoms. The molecule has 1 aliphatic rings. The van der Waals surface area contributed by atoms with Gasteiger partial charge in [0, 0.05) is 13.0 Å². The van der Waals surface area contributed by atoms with E-state index in [2.05, 4.69) is 6.92 Å². The van der Waals surface area contributed by atoms with Gasteiger partial charge in [0.1, 0.15) is 6.61 Å².